The van der Waals surface area contributed by atoms with E-state index in [1.807, 2.05) is 6.07 Å². The zero-order valence-corrected chi connectivity index (χ0v) is 9.83. The van der Waals surface area contributed by atoms with E-state index in [0.29, 0.717) is 12.4 Å². The number of ether oxygens (including phenoxy) is 2. The molecule has 1 aromatic rings. The fourth-order valence-electron chi connectivity index (χ4n) is 1.53. The molecule has 4 heteroatoms. The molecule has 0 spiro atoms. The lowest BCUT2D eigenvalue weighted by Crippen LogP contribution is -2.41. The van der Waals surface area contributed by atoms with Crippen molar-refractivity contribution >= 4 is 11.6 Å². The van der Waals surface area contributed by atoms with Crippen LogP contribution in [0, 0.1) is 0 Å². The second kappa shape index (κ2) is 3.70. The van der Waals surface area contributed by atoms with Crippen LogP contribution in [0.3, 0.4) is 0 Å². The lowest BCUT2D eigenvalue weighted by molar-refractivity contribution is 0.240. The highest BCUT2D eigenvalue weighted by atomic mass is 16.5. The van der Waals surface area contributed by atoms with Gasteiger partial charge in [0.1, 0.15) is 12.4 Å². The van der Waals surface area contributed by atoms with Gasteiger partial charge in [0.2, 0.25) is 0 Å². The third-order valence-corrected chi connectivity index (χ3v) is 2.47. The number of nitrogens with one attached hydrogen (secondary N) is 1. The maximum Gasteiger partial charge on any atom is 0.169 e. The predicted octanol–water partition coefficient (Wildman–Crippen LogP) is 2.28. The number of rotatable bonds is 2. The summed E-state index contributed by atoms with van der Waals surface area (Å²) in [5, 5.41) is 3.31. The summed E-state index contributed by atoms with van der Waals surface area (Å²) in [6, 6.07) is 1.89. The fourth-order valence-corrected chi connectivity index (χ4v) is 1.53. The lowest BCUT2D eigenvalue weighted by atomic mass is 10.1. The average molecular weight is 220 g/mol. The van der Waals surface area contributed by atoms with E-state index in [-0.39, 0.29) is 5.54 Å². The summed E-state index contributed by atoms with van der Waals surface area (Å²) in [6.45, 7) is 8.54. The highest BCUT2D eigenvalue weighted by molar-refractivity contribution is 5.63. The van der Waals surface area contributed by atoms with Crippen LogP contribution in [0.25, 0.3) is 5.76 Å². The van der Waals surface area contributed by atoms with Crippen molar-refractivity contribution < 1.29 is 9.47 Å². The molecule has 1 aliphatic rings. The number of anilines is 1. The standard InChI is InChI=1S/C12H16N2O2/c1-8(15-4)9-5-10-11(13-6-9)14-12(2,3)7-16-10/h5-6H,1,7H2,2-4H3,(H,13,14). The van der Waals surface area contributed by atoms with Crippen molar-refractivity contribution in [1.29, 1.82) is 0 Å². The highest BCUT2D eigenvalue weighted by Gasteiger charge is 2.26. The molecular formula is C12H16N2O2. The van der Waals surface area contributed by atoms with Crippen LogP contribution in [0.1, 0.15) is 19.4 Å². The summed E-state index contributed by atoms with van der Waals surface area (Å²) in [5.74, 6) is 2.10. The summed E-state index contributed by atoms with van der Waals surface area (Å²) in [6.07, 6.45) is 1.72. The molecule has 2 heterocycles. The first-order chi connectivity index (χ1) is 7.52. The predicted molar refractivity (Wildman–Crippen MR) is 63.5 cm³/mol. The molecule has 2 rings (SSSR count). The van der Waals surface area contributed by atoms with E-state index in [1.165, 1.54) is 0 Å². The molecule has 0 aliphatic carbocycles. The summed E-state index contributed by atoms with van der Waals surface area (Å²) in [4.78, 5) is 4.31. The number of hydrogen-bond acceptors (Lipinski definition) is 4. The third kappa shape index (κ3) is 1.96. The second-order valence-corrected chi connectivity index (χ2v) is 4.50. The molecule has 0 radical (unpaired) electrons. The molecule has 0 amide bonds. The summed E-state index contributed by atoms with van der Waals surface area (Å²) in [7, 11) is 1.59. The van der Waals surface area contributed by atoms with Gasteiger partial charge >= 0.3 is 0 Å². The molecule has 0 atom stereocenters. The van der Waals surface area contributed by atoms with Crippen LogP contribution >= 0.6 is 0 Å². The summed E-state index contributed by atoms with van der Waals surface area (Å²) < 4.78 is 10.7. The van der Waals surface area contributed by atoms with E-state index in [2.05, 4.69) is 30.7 Å². The normalized spacial score (nSPS) is 16.7. The molecule has 0 aromatic carbocycles. The first-order valence-corrected chi connectivity index (χ1v) is 5.16. The SMILES string of the molecule is C=C(OC)c1cnc2c(c1)OCC(C)(C)N2. The quantitative estimate of drug-likeness (QED) is 0.776. The maximum absolute atomic E-state index is 5.65. The van der Waals surface area contributed by atoms with E-state index >= 15 is 0 Å². The first kappa shape index (κ1) is 10.8. The van der Waals surface area contributed by atoms with Crippen molar-refractivity contribution in [1.82, 2.24) is 4.98 Å². The monoisotopic (exact) mass is 220 g/mol. The molecule has 1 aromatic heterocycles. The minimum absolute atomic E-state index is 0.0835. The Kier molecular flexibility index (Phi) is 2.50. The van der Waals surface area contributed by atoms with Gasteiger partial charge in [0, 0.05) is 11.8 Å². The van der Waals surface area contributed by atoms with E-state index < -0.39 is 0 Å². The van der Waals surface area contributed by atoms with Gasteiger partial charge in [0.15, 0.2) is 11.6 Å². The van der Waals surface area contributed by atoms with Crippen LogP contribution in [0.2, 0.25) is 0 Å². The average Bonchev–Trinajstić information content (AvgIpc) is 2.26. The van der Waals surface area contributed by atoms with Crippen LogP contribution in [0.15, 0.2) is 18.8 Å². The molecule has 0 saturated heterocycles. The molecule has 0 unspecified atom stereocenters. The maximum atomic E-state index is 5.65. The van der Waals surface area contributed by atoms with E-state index in [0.717, 1.165) is 17.1 Å². The summed E-state index contributed by atoms with van der Waals surface area (Å²) in [5.41, 5.74) is 0.752. The van der Waals surface area contributed by atoms with Crippen molar-refractivity contribution in [2.24, 2.45) is 0 Å². The first-order valence-electron chi connectivity index (χ1n) is 5.16. The number of nitrogens with zero attached hydrogens (tertiary/aromatic N) is 1. The van der Waals surface area contributed by atoms with Crippen molar-refractivity contribution in [3.8, 4) is 5.75 Å². The van der Waals surface area contributed by atoms with Crippen LogP contribution in [0.5, 0.6) is 5.75 Å². The molecule has 0 bridgehead atoms. The zero-order valence-electron chi connectivity index (χ0n) is 9.83. The van der Waals surface area contributed by atoms with Crippen molar-refractivity contribution in [2.45, 2.75) is 19.4 Å². The molecule has 0 fully saturated rings. The van der Waals surface area contributed by atoms with Crippen molar-refractivity contribution in [3.05, 3.63) is 24.4 Å². The Labute approximate surface area is 95.3 Å². The second-order valence-electron chi connectivity index (χ2n) is 4.50. The van der Waals surface area contributed by atoms with Gasteiger partial charge in [-0.15, -0.1) is 0 Å². The van der Waals surface area contributed by atoms with Crippen LogP contribution in [-0.4, -0.2) is 24.2 Å². The molecular weight excluding hydrogens is 204 g/mol. The van der Waals surface area contributed by atoms with Crippen LogP contribution in [0.4, 0.5) is 5.82 Å². The molecule has 86 valence electrons. The number of fused-ring (bicyclic) bond motifs is 1. The van der Waals surface area contributed by atoms with Crippen molar-refractivity contribution in [2.75, 3.05) is 19.0 Å². The number of methoxy groups -OCH3 is 1. The van der Waals surface area contributed by atoms with Gasteiger partial charge in [-0.1, -0.05) is 6.58 Å². The van der Waals surface area contributed by atoms with Gasteiger partial charge in [-0.25, -0.2) is 4.98 Å². The van der Waals surface area contributed by atoms with E-state index in [1.54, 1.807) is 13.3 Å². The topological polar surface area (TPSA) is 43.4 Å². The van der Waals surface area contributed by atoms with Crippen molar-refractivity contribution in [3.63, 3.8) is 0 Å². The molecule has 4 nitrogen and oxygen atoms in total. The van der Waals surface area contributed by atoms with Gasteiger partial charge in [-0.2, -0.15) is 0 Å². The smallest absolute Gasteiger partial charge is 0.169 e. The number of pyridine rings is 1. The Morgan fingerprint density at radius 1 is 1.62 bits per heavy atom. The highest BCUT2D eigenvalue weighted by Crippen LogP contribution is 2.32. The van der Waals surface area contributed by atoms with Crippen LogP contribution in [-0.2, 0) is 4.74 Å². The van der Waals surface area contributed by atoms with Gasteiger partial charge in [0.25, 0.3) is 0 Å². The lowest BCUT2D eigenvalue weighted by Gasteiger charge is -2.32. The summed E-state index contributed by atoms with van der Waals surface area (Å²) >= 11 is 0. The Balaban J connectivity index is 2.32. The largest absolute Gasteiger partial charge is 0.497 e. The number of aromatic nitrogens is 1. The van der Waals surface area contributed by atoms with E-state index in [9.17, 15) is 0 Å². The van der Waals surface area contributed by atoms with Crippen LogP contribution < -0.4 is 10.1 Å². The van der Waals surface area contributed by atoms with Gasteiger partial charge in [-0.05, 0) is 19.9 Å². The molecule has 1 aliphatic heterocycles. The Morgan fingerprint density at radius 3 is 3.06 bits per heavy atom. The van der Waals surface area contributed by atoms with Gasteiger partial charge in [-0.3, -0.25) is 0 Å². The molecule has 1 N–H and O–H groups in total. The Bertz CT molecular complexity index is 427. The Morgan fingerprint density at radius 2 is 2.38 bits per heavy atom. The molecule has 16 heavy (non-hydrogen) atoms. The fraction of sp³-hybridized carbons (Fsp3) is 0.417. The zero-order chi connectivity index (χ0) is 11.8. The Hall–Kier alpha value is -1.71. The number of hydrogen-bond donors (Lipinski definition) is 1. The third-order valence-electron chi connectivity index (χ3n) is 2.47. The minimum Gasteiger partial charge on any atom is -0.497 e. The minimum atomic E-state index is -0.0835. The molecule has 0 saturated carbocycles. The van der Waals surface area contributed by atoms with Gasteiger partial charge in [0.05, 0.1) is 12.6 Å². The van der Waals surface area contributed by atoms with E-state index in [4.69, 9.17) is 9.47 Å². The van der Waals surface area contributed by atoms with Gasteiger partial charge < -0.3 is 14.8 Å².